The summed E-state index contributed by atoms with van der Waals surface area (Å²) >= 11 is 12.2. The molecule has 0 aliphatic heterocycles. The molecule has 1 unspecified atom stereocenters. The van der Waals surface area contributed by atoms with Crippen LogP contribution in [-0.2, 0) is 13.2 Å². The van der Waals surface area contributed by atoms with Gasteiger partial charge in [0.05, 0.1) is 5.02 Å². The molecule has 0 bridgehead atoms. The van der Waals surface area contributed by atoms with E-state index in [9.17, 15) is 4.39 Å². The lowest BCUT2D eigenvalue weighted by molar-refractivity contribution is 0.295. The van der Waals surface area contributed by atoms with Gasteiger partial charge in [-0.1, -0.05) is 59.6 Å². The lowest BCUT2D eigenvalue weighted by Crippen LogP contribution is -2.18. The van der Waals surface area contributed by atoms with Crippen LogP contribution in [0.25, 0.3) is 0 Å². The van der Waals surface area contributed by atoms with Crippen LogP contribution in [0.4, 0.5) is 4.39 Å². The number of halogens is 3. The first-order chi connectivity index (χ1) is 13.0. The van der Waals surface area contributed by atoms with E-state index < -0.39 is 0 Å². The van der Waals surface area contributed by atoms with Crippen LogP contribution >= 0.6 is 23.2 Å². The van der Waals surface area contributed by atoms with Gasteiger partial charge in [0.2, 0.25) is 0 Å². The number of hydrogen-bond donors (Lipinski definition) is 1. The van der Waals surface area contributed by atoms with Gasteiger partial charge < -0.3 is 10.1 Å². The topological polar surface area (TPSA) is 21.3 Å². The van der Waals surface area contributed by atoms with Crippen molar-refractivity contribution in [1.82, 2.24) is 5.32 Å². The SMILES string of the molecule is CC(NCc1cc(Cl)ccc1OCc1c(F)cccc1Cl)c1ccccc1. The van der Waals surface area contributed by atoms with Crippen LogP contribution in [0.1, 0.15) is 29.7 Å². The van der Waals surface area contributed by atoms with Crippen molar-refractivity contribution in [3.05, 3.63) is 99.3 Å². The quantitative estimate of drug-likeness (QED) is 0.481. The third kappa shape index (κ3) is 5.23. The molecule has 0 fully saturated rings. The summed E-state index contributed by atoms with van der Waals surface area (Å²) in [5.41, 5.74) is 2.43. The van der Waals surface area contributed by atoms with E-state index in [2.05, 4.69) is 24.4 Å². The Morgan fingerprint density at radius 2 is 1.78 bits per heavy atom. The van der Waals surface area contributed by atoms with Gasteiger partial charge in [0.25, 0.3) is 0 Å². The summed E-state index contributed by atoms with van der Waals surface area (Å²) in [5.74, 6) is 0.264. The predicted molar refractivity (Wildman–Crippen MR) is 109 cm³/mol. The highest BCUT2D eigenvalue weighted by Gasteiger charge is 2.12. The fourth-order valence-electron chi connectivity index (χ4n) is 2.77. The molecule has 1 N–H and O–H groups in total. The summed E-state index contributed by atoms with van der Waals surface area (Å²) < 4.78 is 19.8. The predicted octanol–water partition coefficient (Wildman–Crippen LogP) is 6.56. The molecule has 0 amide bonds. The Morgan fingerprint density at radius 3 is 2.52 bits per heavy atom. The van der Waals surface area contributed by atoms with Gasteiger partial charge in [-0.3, -0.25) is 0 Å². The Balaban J connectivity index is 1.71. The fraction of sp³-hybridized carbons (Fsp3) is 0.182. The molecule has 0 aliphatic carbocycles. The van der Waals surface area contributed by atoms with E-state index in [-0.39, 0.29) is 18.5 Å². The van der Waals surface area contributed by atoms with Gasteiger partial charge in [-0.05, 0) is 42.8 Å². The summed E-state index contributed by atoms with van der Waals surface area (Å²) in [6.45, 7) is 2.71. The normalized spacial score (nSPS) is 12.0. The Hall–Kier alpha value is -2.07. The second-order valence-electron chi connectivity index (χ2n) is 6.25. The minimum absolute atomic E-state index is 0.0500. The zero-order chi connectivity index (χ0) is 19.2. The smallest absolute Gasteiger partial charge is 0.131 e. The highest BCUT2D eigenvalue weighted by atomic mass is 35.5. The third-order valence-corrected chi connectivity index (χ3v) is 4.94. The van der Waals surface area contributed by atoms with Gasteiger partial charge in [0, 0.05) is 28.7 Å². The van der Waals surface area contributed by atoms with Crippen LogP contribution < -0.4 is 10.1 Å². The molecule has 0 saturated carbocycles. The maximum Gasteiger partial charge on any atom is 0.131 e. The molecule has 3 rings (SSSR count). The fourth-order valence-corrected chi connectivity index (χ4v) is 3.18. The molecule has 1 atom stereocenters. The van der Waals surface area contributed by atoms with Crippen molar-refractivity contribution in [3.63, 3.8) is 0 Å². The minimum Gasteiger partial charge on any atom is -0.488 e. The van der Waals surface area contributed by atoms with E-state index >= 15 is 0 Å². The average molecular weight is 404 g/mol. The van der Waals surface area contributed by atoms with E-state index in [0.29, 0.717) is 27.9 Å². The van der Waals surface area contributed by atoms with Crippen LogP contribution in [0.5, 0.6) is 5.75 Å². The third-order valence-electron chi connectivity index (χ3n) is 4.35. The van der Waals surface area contributed by atoms with Gasteiger partial charge >= 0.3 is 0 Å². The van der Waals surface area contributed by atoms with Crippen molar-refractivity contribution < 1.29 is 9.13 Å². The Bertz CT molecular complexity index is 882. The van der Waals surface area contributed by atoms with Crippen molar-refractivity contribution in [1.29, 1.82) is 0 Å². The second kappa shape index (κ2) is 9.23. The van der Waals surface area contributed by atoms with E-state index in [4.69, 9.17) is 27.9 Å². The zero-order valence-corrected chi connectivity index (χ0v) is 16.4. The van der Waals surface area contributed by atoms with Gasteiger partial charge in [0.15, 0.2) is 0 Å². The van der Waals surface area contributed by atoms with Crippen molar-refractivity contribution in [2.75, 3.05) is 0 Å². The highest BCUT2D eigenvalue weighted by Crippen LogP contribution is 2.27. The molecule has 3 aromatic rings. The van der Waals surface area contributed by atoms with Gasteiger partial charge in [-0.25, -0.2) is 4.39 Å². The first-order valence-electron chi connectivity index (χ1n) is 8.67. The standard InChI is InChI=1S/C22H20Cl2FNO/c1-15(16-6-3-2-4-7-16)26-13-17-12-18(23)10-11-22(17)27-14-19-20(24)8-5-9-21(19)25/h2-12,15,26H,13-14H2,1H3. The molecular formula is C22H20Cl2FNO. The second-order valence-corrected chi connectivity index (χ2v) is 7.10. The van der Waals surface area contributed by atoms with Crippen molar-refractivity contribution in [2.24, 2.45) is 0 Å². The first-order valence-corrected chi connectivity index (χ1v) is 9.42. The molecule has 0 aliphatic rings. The van der Waals surface area contributed by atoms with E-state index in [1.165, 1.54) is 11.6 Å². The summed E-state index contributed by atoms with van der Waals surface area (Å²) in [6, 6.07) is 20.3. The van der Waals surface area contributed by atoms with Crippen molar-refractivity contribution in [2.45, 2.75) is 26.1 Å². The van der Waals surface area contributed by atoms with E-state index in [1.807, 2.05) is 24.3 Å². The molecule has 5 heteroatoms. The Labute approximate surface area is 168 Å². The summed E-state index contributed by atoms with van der Waals surface area (Å²) in [5, 5.41) is 4.43. The van der Waals surface area contributed by atoms with Crippen LogP contribution in [0.15, 0.2) is 66.7 Å². The summed E-state index contributed by atoms with van der Waals surface area (Å²) in [7, 11) is 0. The maximum atomic E-state index is 14.0. The number of ether oxygens (including phenoxy) is 1. The summed E-state index contributed by atoms with van der Waals surface area (Å²) in [4.78, 5) is 0. The van der Waals surface area contributed by atoms with Crippen molar-refractivity contribution >= 4 is 23.2 Å². The minimum atomic E-state index is -0.381. The molecule has 0 heterocycles. The van der Waals surface area contributed by atoms with Crippen LogP contribution in [0.2, 0.25) is 10.0 Å². The molecule has 0 aromatic heterocycles. The van der Waals surface area contributed by atoms with Gasteiger partial charge in [0.1, 0.15) is 18.2 Å². The monoisotopic (exact) mass is 403 g/mol. The van der Waals surface area contributed by atoms with Crippen LogP contribution in [0, 0.1) is 5.82 Å². The summed E-state index contributed by atoms with van der Waals surface area (Å²) in [6.07, 6.45) is 0. The number of nitrogens with one attached hydrogen (secondary N) is 1. The zero-order valence-electron chi connectivity index (χ0n) is 14.9. The van der Waals surface area contributed by atoms with Crippen molar-refractivity contribution in [3.8, 4) is 5.75 Å². The largest absolute Gasteiger partial charge is 0.488 e. The lowest BCUT2D eigenvalue weighted by atomic mass is 10.1. The average Bonchev–Trinajstić information content (AvgIpc) is 2.67. The molecule has 0 radical (unpaired) electrons. The van der Waals surface area contributed by atoms with Crippen LogP contribution in [0.3, 0.4) is 0 Å². The molecule has 27 heavy (non-hydrogen) atoms. The van der Waals surface area contributed by atoms with Gasteiger partial charge in [-0.15, -0.1) is 0 Å². The van der Waals surface area contributed by atoms with Gasteiger partial charge in [-0.2, -0.15) is 0 Å². The molecular weight excluding hydrogens is 384 g/mol. The Kier molecular flexibility index (Phi) is 6.73. The number of hydrogen-bond acceptors (Lipinski definition) is 2. The first kappa shape index (κ1) is 19.7. The van der Waals surface area contributed by atoms with E-state index in [0.717, 1.165) is 5.56 Å². The molecule has 3 aromatic carbocycles. The van der Waals surface area contributed by atoms with E-state index in [1.54, 1.807) is 24.3 Å². The maximum absolute atomic E-state index is 14.0. The van der Waals surface area contributed by atoms with Crippen LogP contribution in [-0.4, -0.2) is 0 Å². The Morgan fingerprint density at radius 1 is 1.00 bits per heavy atom. The molecule has 2 nitrogen and oxygen atoms in total. The number of rotatable bonds is 7. The highest BCUT2D eigenvalue weighted by molar-refractivity contribution is 6.31. The number of benzene rings is 3. The molecule has 0 saturated heterocycles. The molecule has 140 valence electrons. The lowest BCUT2D eigenvalue weighted by Gasteiger charge is -2.17. The molecule has 0 spiro atoms.